The number of rotatable bonds is 4. The Bertz CT molecular complexity index is 892. The highest BCUT2D eigenvalue weighted by Gasteiger charge is 2.16. The van der Waals surface area contributed by atoms with Gasteiger partial charge in [-0.3, -0.25) is 9.59 Å². The predicted octanol–water partition coefficient (Wildman–Crippen LogP) is 1.97. The van der Waals surface area contributed by atoms with E-state index in [2.05, 4.69) is 4.98 Å². The lowest BCUT2D eigenvalue weighted by Gasteiger charge is -2.08. The molecular weight excluding hydrogens is 272 g/mol. The van der Waals surface area contributed by atoms with Gasteiger partial charge in [-0.1, -0.05) is 12.1 Å². The number of nitrogens with zero attached hydrogens (tertiary/aromatic N) is 1. The summed E-state index contributed by atoms with van der Waals surface area (Å²) < 4.78 is 7.19. The van der Waals surface area contributed by atoms with Gasteiger partial charge in [0.25, 0.3) is 5.56 Å². The monoisotopic (exact) mass is 286 g/mol. The van der Waals surface area contributed by atoms with E-state index in [4.69, 9.17) is 9.84 Å². The van der Waals surface area contributed by atoms with Crippen molar-refractivity contribution in [2.75, 3.05) is 7.11 Å². The number of aromatic amines is 1. The fraction of sp³-hybridized carbons (Fsp3) is 0.200. The van der Waals surface area contributed by atoms with Crippen molar-refractivity contribution in [2.24, 2.45) is 0 Å². The van der Waals surface area contributed by atoms with Gasteiger partial charge in [0.1, 0.15) is 5.75 Å². The second-order valence-corrected chi connectivity index (χ2v) is 4.72. The molecular formula is C15H14N2O4. The Morgan fingerprint density at radius 1 is 1.38 bits per heavy atom. The van der Waals surface area contributed by atoms with E-state index >= 15 is 0 Å². The quantitative estimate of drug-likeness (QED) is 0.768. The van der Waals surface area contributed by atoms with Crippen LogP contribution in [0.15, 0.2) is 35.3 Å². The lowest BCUT2D eigenvalue weighted by Crippen LogP contribution is -2.07. The molecule has 21 heavy (non-hydrogen) atoms. The van der Waals surface area contributed by atoms with Crippen molar-refractivity contribution in [3.63, 3.8) is 0 Å². The maximum Gasteiger partial charge on any atom is 0.305 e. The number of methoxy groups -OCH3 is 1. The third-order valence-electron chi connectivity index (χ3n) is 3.54. The Hall–Kier alpha value is -2.76. The van der Waals surface area contributed by atoms with Crippen LogP contribution in [0.4, 0.5) is 0 Å². The molecule has 0 amide bonds. The van der Waals surface area contributed by atoms with Crippen LogP contribution in [-0.2, 0) is 11.3 Å². The number of ether oxygens (including phenoxy) is 1. The summed E-state index contributed by atoms with van der Waals surface area (Å²) in [6.45, 7) is 0.277. The SMILES string of the molecule is COc1cccc2c3c(=O)[nH]ccc3n(CCC(=O)O)c12. The number of hydrogen-bond acceptors (Lipinski definition) is 3. The standard InChI is InChI=1S/C15H14N2O4/c1-21-11-4-2-3-9-13-10(5-7-16-15(13)20)17(14(9)11)8-6-12(18)19/h2-5,7H,6,8H2,1H3,(H,16,20)(H,18,19). The molecule has 3 rings (SSSR count). The topological polar surface area (TPSA) is 84.3 Å². The number of nitrogens with one attached hydrogen (secondary N) is 1. The molecule has 0 spiro atoms. The second-order valence-electron chi connectivity index (χ2n) is 4.72. The molecule has 2 aromatic heterocycles. The van der Waals surface area contributed by atoms with Crippen LogP contribution < -0.4 is 10.3 Å². The van der Waals surface area contributed by atoms with Gasteiger partial charge >= 0.3 is 5.97 Å². The van der Waals surface area contributed by atoms with E-state index in [1.807, 2.05) is 16.7 Å². The first-order valence-corrected chi connectivity index (χ1v) is 6.52. The highest BCUT2D eigenvalue weighted by Crippen LogP contribution is 2.33. The Labute approximate surface area is 119 Å². The summed E-state index contributed by atoms with van der Waals surface area (Å²) >= 11 is 0. The lowest BCUT2D eigenvalue weighted by atomic mass is 10.2. The largest absolute Gasteiger partial charge is 0.495 e. The molecule has 3 aromatic rings. The summed E-state index contributed by atoms with van der Waals surface area (Å²) in [5, 5.41) is 10.2. The number of aryl methyl sites for hydroxylation is 1. The van der Waals surface area contributed by atoms with Crippen LogP contribution in [0.25, 0.3) is 21.8 Å². The molecule has 1 aromatic carbocycles. The molecule has 0 saturated heterocycles. The Balaban J connectivity index is 2.42. The van der Waals surface area contributed by atoms with Crippen molar-refractivity contribution in [3.05, 3.63) is 40.8 Å². The van der Waals surface area contributed by atoms with Gasteiger partial charge in [-0.25, -0.2) is 0 Å². The lowest BCUT2D eigenvalue weighted by molar-refractivity contribution is -0.137. The van der Waals surface area contributed by atoms with Crippen LogP contribution in [0.3, 0.4) is 0 Å². The maximum atomic E-state index is 12.1. The number of benzene rings is 1. The average Bonchev–Trinajstić information content (AvgIpc) is 2.80. The van der Waals surface area contributed by atoms with Crippen molar-refractivity contribution >= 4 is 27.8 Å². The fourth-order valence-corrected chi connectivity index (χ4v) is 2.68. The molecule has 0 atom stereocenters. The van der Waals surface area contributed by atoms with Crippen LogP contribution >= 0.6 is 0 Å². The third-order valence-corrected chi connectivity index (χ3v) is 3.54. The number of aliphatic carboxylic acids is 1. The molecule has 2 N–H and O–H groups in total. The number of carboxylic acids is 1. The van der Waals surface area contributed by atoms with Gasteiger partial charge in [0.15, 0.2) is 0 Å². The number of aromatic nitrogens is 2. The number of H-pyrrole nitrogens is 1. The molecule has 108 valence electrons. The normalized spacial score (nSPS) is 11.1. The van der Waals surface area contributed by atoms with Crippen LogP contribution in [0.5, 0.6) is 5.75 Å². The first kappa shape index (κ1) is 13.2. The summed E-state index contributed by atoms with van der Waals surface area (Å²) in [4.78, 5) is 25.6. The zero-order chi connectivity index (χ0) is 15.0. The van der Waals surface area contributed by atoms with E-state index in [1.54, 1.807) is 25.4 Å². The van der Waals surface area contributed by atoms with Crippen LogP contribution in [-0.4, -0.2) is 27.7 Å². The molecule has 2 heterocycles. The number of carboxylic acid groups (broad SMARTS) is 1. The van der Waals surface area contributed by atoms with Gasteiger partial charge in [-0.05, 0) is 12.1 Å². The number of carbonyl (C=O) groups is 1. The molecule has 0 aliphatic carbocycles. The fourth-order valence-electron chi connectivity index (χ4n) is 2.68. The summed E-state index contributed by atoms with van der Waals surface area (Å²) in [6.07, 6.45) is 1.54. The highest BCUT2D eigenvalue weighted by molar-refractivity contribution is 6.09. The van der Waals surface area contributed by atoms with Gasteiger partial charge < -0.3 is 19.4 Å². The van der Waals surface area contributed by atoms with Crippen molar-refractivity contribution in [3.8, 4) is 5.75 Å². The smallest absolute Gasteiger partial charge is 0.305 e. The maximum absolute atomic E-state index is 12.1. The van der Waals surface area contributed by atoms with E-state index in [9.17, 15) is 9.59 Å². The first-order chi connectivity index (χ1) is 10.1. The third kappa shape index (κ3) is 2.05. The Morgan fingerprint density at radius 3 is 2.90 bits per heavy atom. The van der Waals surface area contributed by atoms with Crippen LogP contribution in [0, 0.1) is 0 Å². The van der Waals surface area contributed by atoms with Gasteiger partial charge in [0.05, 0.1) is 30.0 Å². The first-order valence-electron chi connectivity index (χ1n) is 6.52. The Kier molecular flexibility index (Phi) is 3.13. The number of fused-ring (bicyclic) bond motifs is 3. The number of pyridine rings is 1. The van der Waals surface area contributed by atoms with E-state index in [-0.39, 0.29) is 18.5 Å². The molecule has 0 aliphatic heterocycles. The molecule has 6 nitrogen and oxygen atoms in total. The minimum absolute atomic E-state index is 0.0241. The van der Waals surface area contributed by atoms with E-state index < -0.39 is 5.97 Å². The minimum Gasteiger partial charge on any atom is -0.495 e. The summed E-state index contributed by atoms with van der Waals surface area (Å²) in [5.41, 5.74) is 1.26. The molecule has 0 fully saturated rings. The van der Waals surface area contributed by atoms with Crippen molar-refractivity contribution in [1.82, 2.24) is 9.55 Å². The van der Waals surface area contributed by atoms with Crippen molar-refractivity contribution < 1.29 is 14.6 Å². The minimum atomic E-state index is -0.885. The van der Waals surface area contributed by atoms with Crippen LogP contribution in [0.1, 0.15) is 6.42 Å². The van der Waals surface area contributed by atoms with Crippen molar-refractivity contribution in [1.29, 1.82) is 0 Å². The second kappa shape index (κ2) is 4.97. The van der Waals surface area contributed by atoms with E-state index in [1.165, 1.54) is 0 Å². The van der Waals surface area contributed by atoms with Gasteiger partial charge in [-0.2, -0.15) is 0 Å². The summed E-state index contributed by atoms with van der Waals surface area (Å²) in [5.74, 6) is -0.266. The van der Waals surface area contributed by atoms with Gasteiger partial charge in [-0.15, -0.1) is 0 Å². The zero-order valence-corrected chi connectivity index (χ0v) is 11.4. The van der Waals surface area contributed by atoms with E-state index in [0.717, 1.165) is 10.9 Å². The number of hydrogen-bond donors (Lipinski definition) is 2. The molecule has 0 aliphatic rings. The predicted molar refractivity (Wildman–Crippen MR) is 78.9 cm³/mol. The van der Waals surface area contributed by atoms with Gasteiger partial charge in [0, 0.05) is 18.1 Å². The Morgan fingerprint density at radius 2 is 2.19 bits per heavy atom. The summed E-state index contributed by atoms with van der Waals surface area (Å²) in [6, 6.07) is 7.23. The zero-order valence-electron chi connectivity index (χ0n) is 11.4. The van der Waals surface area contributed by atoms with Crippen LogP contribution in [0.2, 0.25) is 0 Å². The molecule has 6 heteroatoms. The molecule has 0 radical (unpaired) electrons. The number of para-hydroxylation sites is 1. The highest BCUT2D eigenvalue weighted by atomic mass is 16.5. The average molecular weight is 286 g/mol. The summed E-state index contributed by atoms with van der Waals surface area (Å²) in [7, 11) is 1.55. The molecule has 0 saturated carbocycles. The van der Waals surface area contributed by atoms with Gasteiger partial charge in [0.2, 0.25) is 0 Å². The molecule has 0 bridgehead atoms. The molecule has 0 unspecified atom stereocenters. The van der Waals surface area contributed by atoms with E-state index in [0.29, 0.717) is 16.7 Å². The van der Waals surface area contributed by atoms with Crippen molar-refractivity contribution in [2.45, 2.75) is 13.0 Å².